The van der Waals surface area contributed by atoms with Gasteiger partial charge >= 0.3 is 0 Å². The molecule has 4 N–H and O–H groups in total. The highest BCUT2D eigenvalue weighted by molar-refractivity contribution is 6.06. The van der Waals surface area contributed by atoms with Gasteiger partial charge in [-0.25, -0.2) is 9.37 Å². The van der Waals surface area contributed by atoms with Gasteiger partial charge in [0.1, 0.15) is 11.6 Å². The number of carbonyl (C=O) groups excluding carboxylic acids is 1. The topological polar surface area (TPSA) is 132 Å². The smallest absolute Gasteiger partial charge is 0.255 e. The van der Waals surface area contributed by atoms with Crippen molar-refractivity contribution in [3.63, 3.8) is 0 Å². The predicted octanol–water partition coefficient (Wildman–Crippen LogP) is 4.90. The van der Waals surface area contributed by atoms with Gasteiger partial charge in [-0.2, -0.15) is 5.10 Å². The molecule has 4 heterocycles. The molecule has 0 aliphatic rings. The van der Waals surface area contributed by atoms with Crippen molar-refractivity contribution in [1.29, 1.82) is 0 Å². The molecule has 0 aliphatic heterocycles. The van der Waals surface area contributed by atoms with E-state index in [2.05, 4.69) is 20.5 Å². The minimum absolute atomic E-state index is 0.133. The number of halogens is 1. The van der Waals surface area contributed by atoms with Gasteiger partial charge in [-0.15, -0.1) is 0 Å². The van der Waals surface area contributed by atoms with Crippen LogP contribution in [0, 0.1) is 5.82 Å². The van der Waals surface area contributed by atoms with Crippen molar-refractivity contribution in [1.82, 2.24) is 30.5 Å². The summed E-state index contributed by atoms with van der Waals surface area (Å²) in [6.07, 6.45) is 5.20. The third kappa shape index (κ3) is 4.48. The average molecular weight is 520 g/mol. The lowest BCUT2D eigenvalue weighted by atomic mass is 10.0. The molecule has 0 saturated heterocycles. The third-order valence-corrected chi connectivity index (χ3v) is 6.48. The Kier molecular flexibility index (Phi) is 6.04. The first-order valence-corrected chi connectivity index (χ1v) is 12.1. The van der Waals surface area contributed by atoms with Gasteiger partial charge in [0.2, 0.25) is 0 Å². The first kappa shape index (κ1) is 24.0. The molecule has 9 nitrogen and oxygen atoms in total. The van der Waals surface area contributed by atoms with Crippen molar-refractivity contribution in [2.45, 2.75) is 6.54 Å². The van der Waals surface area contributed by atoms with E-state index in [-0.39, 0.29) is 12.1 Å². The number of anilines is 1. The summed E-state index contributed by atoms with van der Waals surface area (Å²) >= 11 is 0. The Hall–Kier alpha value is -5.38. The molecule has 0 atom stereocenters. The number of nitrogens with zero attached hydrogens (tertiary/aromatic N) is 4. The number of carbonyl (C=O) groups is 1. The number of hydrogen-bond donors (Lipinski definition) is 3. The van der Waals surface area contributed by atoms with Gasteiger partial charge in [-0.3, -0.25) is 19.9 Å². The number of nitrogens with two attached hydrogens (primary N) is 1. The van der Waals surface area contributed by atoms with E-state index in [4.69, 9.17) is 20.4 Å². The largest absolute Gasteiger partial charge is 0.496 e. The number of nitrogen functional groups attached to an aromatic ring is 1. The van der Waals surface area contributed by atoms with Gasteiger partial charge in [0.15, 0.2) is 5.82 Å². The van der Waals surface area contributed by atoms with Crippen molar-refractivity contribution >= 4 is 33.5 Å². The maximum atomic E-state index is 13.6. The Morgan fingerprint density at radius 2 is 1.92 bits per heavy atom. The normalized spacial score (nSPS) is 11.1. The van der Waals surface area contributed by atoms with Crippen LogP contribution in [0.3, 0.4) is 0 Å². The van der Waals surface area contributed by atoms with Crippen LogP contribution < -0.4 is 15.8 Å². The summed E-state index contributed by atoms with van der Waals surface area (Å²) in [5.74, 6) is -0.311. The van der Waals surface area contributed by atoms with E-state index < -0.39 is 11.7 Å². The zero-order valence-corrected chi connectivity index (χ0v) is 20.8. The zero-order chi connectivity index (χ0) is 26.9. The molecule has 4 aromatic heterocycles. The third-order valence-electron chi connectivity index (χ3n) is 6.48. The van der Waals surface area contributed by atoms with E-state index in [1.807, 2.05) is 42.5 Å². The molecule has 0 fully saturated rings. The summed E-state index contributed by atoms with van der Waals surface area (Å²) in [6, 6.07) is 17.2. The maximum absolute atomic E-state index is 13.6. The Labute approximate surface area is 221 Å². The van der Waals surface area contributed by atoms with E-state index >= 15 is 0 Å². The molecule has 2 aromatic carbocycles. The number of amides is 1. The summed E-state index contributed by atoms with van der Waals surface area (Å²) < 4.78 is 18.8. The van der Waals surface area contributed by atoms with Gasteiger partial charge < -0.3 is 15.8 Å². The highest BCUT2D eigenvalue weighted by Gasteiger charge is 2.18. The Morgan fingerprint density at radius 3 is 2.74 bits per heavy atom. The number of fused-ring (bicyclic) bond motifs is 2. The van der Waals surface area contributed by atoms with E-state index in [0.717, 1.165) is 44.9 Å². The van der Waals surface area contributed by atoms with Gasteiger partial charge in [0.25, 0.3) is 5.91 Å². The second-order valence-corrected chi connectivity index (χ2v) is 8.87. The first-order chi connectivity index (χ1) is 19.0. The van der Waals surface area contributed by atoms with Crippen molar-refractivity contribution < 1.29 is 13.9 Å². The molecule has 0 radical (unpaired) electrons. The molecule has 0 unspecified atom stereocenters. The molecule has 6 aromatic rings. The molecule has 0 aliphatic carbocycles. The fraction of sp³-hybridized carbons (Fsp3) is 0.0690. The van der Waals surface area contributed by atoms with Gasteiger partial charge in [-0.05, 0) is 35.9 Å². The van der Waals surface area contributed by atoms with E-state index in [1.54, 1.807) is 18.6 Å². The highest BCUT2D eigenvalue weighted by Crippen LogP contribution is 2.35. The molecule has 192 valence electrons. The van der Waals surface area contributed by atoms with Crippen molar-refractivity contribution in [3.05, 3.63) is 96.2 Å². The van der Waals surface area contributed by atoms with Crippen LogP contribution in [0.5, 0.6) is 5.75 Å². The summed E-state index contributed by atoms with van der Waals surface area (Å²) in [6.45, 7) is 0.247. The molecule has 0 spiro atoms. The molecule has 0 bridgehead atoms. The molecular weight excluding hydrogens is 497 g/mol. The lowest BCUT2D eigenvalue weighted by Crippen LogP contribution is -2.23. The fourth-order valence-corrected chi connectivity index (χ4v) is 4.49. The summed E-state index contributed by atoms with van der Waals surface area (Å²) in [7, 11) is 1.43. The van der Waals surface area contributed by atoms with Crippen LogP contribution in [-0.2, 0) is 6.54 Å². The lowest BCUT2D eigenvalue weighted by Gasteiger charge is -2.11. The summed E-state index contributed by atoms with van der Waals surface area (Å²) in [4.78, 5) is 26.2. The number of nitrogens with one attached hydrogen (secondary N) is 2. The quantitative estimate of drug-likeness (QED) is 0.285. The predicted molar refractivity (Wildman–Crippen MR) is 146 cm³/mol. The van der Waals surface area contributed by atoms with Crippen LogP contribution in [0.15, 0.2) is 79.3 Å². The zero-order valence-electron chi connectivity index (χ0n) is 20.8. The van der Waals surface area contributed by atoms with Gasteiger partial charge in [0.05, 0.1) is 46.7 Å². The van der Waals surface area contributed by atoms with E-state index in [0.29, 0.717) is 22.6 Å². The lowest BCUT2D eigenvalue weighted by molar-refractivity contribution is 0.0947. The number of aromatic nitrogens is 5. The summed E-state index contributed by atoms with van der Waals surface area (Å²) in [5, 5.41) is 11.8. The van der Waals surface area contributed by atoms with E-state index in [9.17, 15) is 9.18 Å². The minimum atomic E-state index is -0.512. The first-order valence-electron chi connectivity index (χ1n) is 12.1. The van der Waals surface area contributed by atoms with Crippen molar-refractivity contribution in [2.24, 2.45) is 0 Å². The molecular formula is C29H22FN7O2. The van der Waals surface area contributed by atoms with Crippen LogP contribution in [0.2, 0.25) is 0 Å². The molecule has 1 amide bonds. The second kappa shape index (κ2) is 9.82. The number of hydrogen-bond acceptors (Lipinski definition) is 7. The monoisotopic (exact) mass is 519 g/mol. The minimum Gasteiger partial charge on any atom is -0.496 e. The number of methoxy groups -OCH3 is 1. The molecule has 10 heteroatoms. The Morgan fingerprint density at radius 1 is 1.08 bits per heavy atom. The number of benzene rings is 2. The standard InChI is InChI=1S/C29H22FN7O2/c1-39-24-9-7-19(30)12-20(24)29(38)34-13-16-2-4-18(5-3-16)26-25-27(36-37-28(25)31)21(14-33-26)22-8-6-17-10-11-32-15-23(17)35-22/h2-12,14-15H,13H2,1H3,(H,34,38)(H3,31,36,37). The highest BCUT2D eigenvalue weighted by atomic mass is 19.1. The van der Waals surface area contributed by atoms with Crippen molar-refractivity contribution in [3.8, 4) is 28.3 Å². The van der Waals surface area contributed by atoms with Crippen LogP contribution in [0.1, 0.15) is 15.9 Å². The molecule has 0 saturated carbocycles. The van der Waals surface area contributed by atoms with Gasteiger partial charge in [0, 0.05) is 35.5 Å². The molecule has 39 heavy (non-hydrogen) atoms. The fourth-order valence-electron chi connectivity index (χ4n) is 4.49. The van der Waals surface area contributed by atoms with Crippen molar-refractivity contribution in [2.75, 3.05) is 12.8 Å². The number of aromatic amines is 1. The van der Waals surface area contributed by atoms with Crippen LogP contribution >= 0.6 is 0 Å². The van der Waals surface area contributed by atoms with Gasteiger partial charge in [-0.1, -0.05) is 30.3 Å². The van der Waals surface area contributed by atoms with Crippen LogP contribution in [-0.4, -0.2) is 38.2 Å². The number of pyridine rings is 3. The number of rotatable bonds is 6. The number of ether oxygens (including phenoxy) is 1. The van der Waals surface area contributed by atoms with Crippen LogP contribution in [0.25, 0.3) is 44.3 Å². The summed E-state index contributed by atoms with van der Waals surface area (Å²) in [5.41, 5.74) is 11.7. The SMILES string of the molecule is COc1ccc(F)cc1C(=O)NCc1ccc(-c2ncc(-c3ccc4ccncc4n3)c3[nH]nc(N)c23)cc1. The Balaban J connectivity index is 1.27. The van der Waals surface area contributed by atoms with Crippen LogP contribution in [0.4, 0.5) is 10.2 Å². The Bertz CT molecular complexity index is 1850. The second-order valence-electron chi connectivity index (χ2n) is 8.87. The number of H-pyrrole nitrogens is 1. The maximum Gasteiger partial charge on any atom is 0.255 e. The average Bonchev–Trinajstić information content (AvgIpc) is 3.37. The van der Waals surface area contributed by atoms with E-state index in [1.165, 1.54) is 19.2 Å². The molecule has 6 rings (SSSR count).